The number of para-hydroxylation sites is 1. The van der Waals surface area contributed by atoms with Crippen LogP contribution in [0.3, 0.4) is 0 Å². The van der Waals surface area contributed by atoms with Gasteiger partial charge in [0.1, 0.15) is 11.6 Å². The summed E-state index contributed by atoms with van der Waals surface area (Å²) in [5.74, 6) is 0.366. The van der Waals surface area contributed by atoms with Crippen LogP contribution in [0.1, 0.15) is 77.7 Å². The van der Waals surface area contributed by atoms with Crippen LogP contribution in [0, 0.1) is 28.6 Å². The van der Waals surface area contributed by atoms with Gasteiger partial charge in [0.15, 0.2) is 12.4 Å². The molecule has 1 amide bonds. The molecule has 0 saturated heterocycles. The maximum absolute atomic E-state index is 12.8. The number of H-pyrrole nitrogens is 1. The Labute approximate surface area is 258 Å². The Morgan fingerprint density at radius 1 is 1.09 bits per heavy atom. The number of hydrogen-bond acceptors (Lipinski definition) is 7. The lowest BCUT2D eigenvalue weighted by molar-refractivity contribution is -0.159. The minimum atomic E-state index is -1.19. The number of ketones is 1. The lowest BCUT2D eigenvalue weighted by Crippen LogP contribution is -2.57. The fourth-order valence-corrected chi connectivity index (χ4v) is 9.50. The van der Waals surface area contributed by atoms with E-state index >= 15 is 0 Å². The van der Waals surface area contributed by atoms with Crippen molar-refractivity contribution in [1.29, 1.82) is 0 Å². The Bertz CT molecular complexity index is 1530. The molecule has 4 aliphatic carbocycles. The molecule has 44 heavy (non-hydrogen) atoms. The summed E-state index contributed by atoms with van der Waals surface area (Å²) < 4.78 is 4.95. The molecule has 2 aromatic rings. The van der Waals surface area contributed by atoms with Crippen LogP contribution < -0.4 is 5.32 Å². The van der Waals surface area contributed by atoms with Gasteiger partial charge in [0.25, 0.3) is 5.91 Å². The Balaban J connectivity index is 1.08. The summed E-state index contributed by atoms with van der Waals surface area (Å²) in [5.41, 5.74) is 2.63. The van der Waals surface area contributed by atoms with Crippen LogP contribution in [0.15, 0.2) is 47.3 Å². The van der Waals surface area contributed by atoms with Crippen molar-refractivity contribution in [2.75, 3.05) is 13.7 Å². The zero-order valence-electron chi connectivity index (χ0n) is 26.3. The van der Waals surface area contributed by atoms with E-state index in [1.807, 2.05) is 30.5 Å². The van der Waals surface area contributed by atoms with Gasteiger partial charge in [-0.05, 0) is 99.2 Å². The first-order valence-electron chi connectivity index (χ1n) is 16.1. The number of nitrogens with one attached hydrogen (secondary N) is 2. The molecule has 9 nitrogen and oxygen atoms in total. The standard InChI is InChI=1S/C35H45N3O6/c1-21(39)35(42)16-13-28-26-10-9-23-18-24(11-14-33(23,2)27(26)12-15-34(28,35)3)38-44-20-31(40)37-30(32(41)43-4)17-22-19-36-29-8-6-5-7-25(22)29/h5-8,18-19,26-28,30,36,42H,9-17,20H2,1-4H3,(H,37,40)/b38-24-/t26-,27+,28+,30-,33-,34-,35-/m0/s1. The molecular formula is C35H45N3O6. The molecule has 6 rings (SSSR count). The molecule has 7 atom stereocenters. The maximum atomic E-state index is 12.8. The van der Waals surface area contributed by atoms with Crippen molar-refractivity contribution in [1.82, 2.24) is 10.3 Å². The van der Waals surface area contributed by atoms with Crippen molar-refractivity contribution in [3.05, 3.63) is 47.7 Å². The Morgan fingerprint density at radius 2 is 1.86 bits per heavy atom. The second kappa shape index (κ2) is 11.5. The van der Waals surface area contributed by atoms with Crippen LogP contribution in [-0.2, 0) is 30.4 Å². The number of allylic oxidation sites excluding steroid dienone is 2. The summed E-state index contributed by atoms with van der Waals surface area (Å²) in [4.78, 5) is 46.5. The van der Waals surface area contributed by atoms with Gasteiger partial charge >= 0.3 is 5.97 Å². The van der Waals surface area contributed by atoms with Crippen LogP contribution in [0.2, 0.25) is 0 Å². The normalized spacial score (nSPS) is 34.3. The molecular weight excluding hydrogens is 558 g/mol. The third-order valence-electron chi connectivity index (χ3n) is 12.0. The summed E-state index contributed by atoms with van der Waals surface area (Å²) in [5, 5.41) is 19.5. The maximum Gasteiger partial charge on any atom is 0.328 e. The summed E-state index contributed by atoms with van der Waals surface area (Å²) in [7, 11) is 1.31. The number of oxime groups is 1. The topological polar surface area (TPSA) is 130 Å². The molecule has 9 heteroatoms. The third-order valence-corrected chi connectivity index (χ3v) is 12.0. The largest absolute Gasteiger partial charge is 0.467 e. The fourth-order valence-electron chi connectivity index (χ4n) is 9.50. The number of methoxy groups -OCH3 is 1. The van der Waals surface area contributed by atoms with E-state index in [1.165, 1.54) is 12.7 Å². The predicted molar refractivity (Wildman–Crippen MR) is 167 cm³/mol. The van der Waals surface area contributed by atoms with Crippen molar-refractivity contribution in [3.8, 4) is 0 Å². The van der Waals surface area contributed by atoms with Gasteiger partial charge in [-0.1, -0.05) is 42.8 Å². The SMILES string of the molecule is COC(=O)[C@H](Cc1c[nH]c2ccccc12)NC(=O)CO/N=C1\C=C2CC[C@H]3[C@@H](CC[C@@]4(C)[C@@H]3CC[C@]4(O)C(C)=O)[C@@]2(C)CC1. The van der Waals surface area contributed by atoms with E-state index in [0.29, 0.717) is 24.2 Å². The molecule has 1 heterocycles. The molecule has 3 saturated carbocycles. The average molecular weight is 604 g/mol. The number of esters is 1. The van der Waals surface area contributed by atoms with Crippen molar-refractivity contribution in [3.63, 3.8) is 0 Å². The minimum Gasteiger partial charge on any atom is -0.467 e. The Morgan fingerprint density at radius 3 is 2.64 bits per heavy atom. The molecule has 0 spiro atoms. The Kier molecular flexibility index (Phi) is 7.97. The monoisotopic (exact) mass is 603 g/mol. The van der Waals surface area contributed by atoms with E-state index in [9.17, 15) is 19.5 Å². The highest BCUT2D eigenvalue weighted by molar-refractivity contribution is 5.96. The zero-order valence-corrected chi connectivity index (χ0v) is 26.3. The number of carbonyl (C=O) groups excluding carboxylic acids is 3. The molecule has 3 N–H and O–H groups in total. The van der Waals surface area contributed by atoms with E-state index in [4.69, 9.17) is 9.57 Å². The molecule has 1 aromatic carbocycles. The minimum absolute atomic E-state index is 0.0632. The molecule has 0 unspecified atom stereocenters. The number of hydrogen-bond donors (Lipinski definition) is 3. The number of benzene rings is 1. The molecule has 0 aliphatic heterocycles. The first kappa shape index (κ1) is 30.6. The van der Waals surface area contributed by atoms with Gasteiger partial charge in [0.05, 0.1) is 12.8 Å². The number of aromatic nitrogens is 1. The third kappa shape index (κ3) is 4.97. The van der Waals surface area contributed by atoms with Crippen LogP contribution >= 0.6 is 0 Å². The number of fused-ring (bicyclic) bond motifs is 6. The van der Waals surface area contributed by atoms with Gasteiger partial charge < -0.3 is 25.0 Å². The zero-order chi connectivity index (χ0) is 31.3. The van der Waals surface area contributed by atoms with Gasteiger partial charge in [0, 0.05) is 28.9 Å². The molecule has 236 valence electrons. The number of nitrogens with zero attached hydrogens (tertiary/aromatic N) is 1. The number of carbonyl (C=O) groups is 3. The van der Waals surface area contributed by atoms with E-state index in [1.54, 1.807) is 6.92 Å². The lowest BCUT2D eigenvalue weighted by Gasteiger charge is -2.59. The summed E-state index contributed by atoms with van der Waals surface area (Å²) in [6.07, 6.45) is 11.4. The van der Waals surface area contributed by atoms with Crippen molar-refractivity contribution < 1.29 is 29.1 Å². The van der Waals surface area contributed by atoms with E-state index in [2.05, 4.69) is 35.4 Å². The molecule has 0 radical (unpaired) electrons. The van der Waals surface area contributed by atoms with Crippen LogP contribution in [0.4, 0.5) is 0 Å². The number of aromatic amines is 1. The number of Topliss-reactive ketones (excluding diaryl/α,β-unsaturated/α-hetero) is 1. The molecule has 4 aliphatic rings. The van der Waals surface area contributed by atoms with Gasteiger partial charge in [0.2, 0.25) is 0 Å². The predicted octanol–water partition coefficient (Wildman–Crippen LogP) is 5.02. The summed E-state index contributed by atoms with van der Waals surface area (Å²) >= 11 is 0. The number of rotatable bonds is 8. The van der Waals surface area contributed by atoms with Gasteiger partial charge in [-0.25, -0.2) is 4.79 Å². The first-order chi connectivity index (χ1) is 21.0. The Hall–Kier alpha value is -3.46. The lowest BCUT2D eigenvalue weighted by atomic mass is 9.46. The molecule has 0 bridgehead atoms. The van der Waals surface area contributed by atoms with Gasteiger partial charge in [-0.2, -0.15) is 0 Å². The quantitative estimate of drug-likeness (QED) is 0.287. The fraction of sp³-hybridized carbons (Fsp3) is 0.600. The average Bonchev–Trinajstić information content (AvgIpc) is 3.54. The van der Waals surface area contributed by atoms with Crippen molar-refractivity contribution in [2.45, 2.75) is 90.2 Å². The number of ether oxygens (including phenoxy) is 1. The second-order valence-electron chi connectivity index (χ2n) is 14.0. The summed E-state index contributed by atoms with van der Waals surface area (Å²) in [6.45, 7) is 5.80. The highest BCUT2D eigenvalue weighted by atomic mass is 16.6. The highest BCUT2D eigenvalue weighted by Gasteiger charge is 2.65. The van der Waals surface area contributed by atoms with Gasteiger partial charge in [-0.15, -0.1) is 0 Å². The van der Waals surface area contributed by atoms with Crippen molar-refractivity contribution in [2.24, 2.45) is 33.7 Å². The second-order valence-corrected chi connectivity index (χ2v) is 14.0. The van der Waals surface area contributed by atoms with E-state index < -0.39 is 23.5 Å². The van der Waals surface area contributed by atoms with Gasteiger partial charge in [-0.3, -0.25) is 9.59 Å². The van der Waals surface area contributed by atoms with Crippen LogP contribution in [0.25, 0.3) is 10.9 Å². The first-order valence-corrected chi connectivity index (χ1v) is 16.1. The molecule has 1 aromatic heterocycles. The van der Waals surface area contributed by atoms with Crippen LogP contribution in [0.5, 0.6) is 0 Å². The van der Waals surface area contributed by atoms with Crippen LogP contribution in [-0.4, -0.2) is 58.8 Å². The van der Waals surface area contributed by atoms with E-state index in [0.717, 1.165) is 67.1 Å². The smallest absolute Gasteiger partial charge is 0.328 e. The summed E-state index contributed by atoms with van der Waals surface area (Å²) in [6, 6.07) is 6.96. The number of aliphatic hydroxyl groups is 1. The number of amides is 1. The molecule has 3 fully saturated rings. The van der Waals surface area contributed by atoms with E-state index in [-0.39, 0.29) is 29.6 Å². The highest BCUT2D eigenvalue weighted by Crippen LogP contribution is 2.67. The van der Waals surface area contributed by atoms with Crippen molar-refractivity contribution >= 4 is 34.3 Å².